The summed E-state index contributed by atoms with van der Waals surface area (Å²) in [6.45, 7) is 7.46. The number of carboxylic acids is 2. The lowest BCUT2D eigenvalue weighted by Gasteiger charge is -2.58. The SMILES string of the molecule is C#C[C@@]1(O)CC[C@@H]2[C@@H]3CCC4=C/C(=N/OCC(=O)N[C@H](C(=O)N[C@H](CC(=O)O)C(=O)O)C(C)C)CC[C@]4(C)[C@@H]3CC[C@@]21C. The number of aliphatic carboxylic acids is 2. The van der Waals surface area contributed by atoms with Gasteiger partial charge >= 0.3 is 11.9 Å². The van der Waals surface area contributed by atoms with Crippen molar-refractivity contribution < 1.29 is 39.3 Å². The molecule has 236 valence electrons. The van der Waals surface area contributed by atoms with Gasteiger partial charge in [-0.05, 0) is 86.5 Å². The Balaban J connectivity index is 1.35. The fourth-order valence-electron chi connectivity index (χ4n) is 8.46. The Kier molecular flexibility index (Phi) is 9.31. The van der Waals surface area contributed by atoms with Gasteiger partial charge in [0.2, 0.25) is 5.91 Å². The minimum Gasteiger partial charge on any atom is -0.481 e. The monoisotopic (exact) mass is 599 g/mol. The topological polar surface area (TPSA) is 175 Å². The number of fused-ring (bicyclic) bond motifs is 5. The summed E-state index contributed by atoms with van der Waals surface area (Å²) in [4.78, 5) is 52.9. The van der Waals surface area contributed by atoms with Crippen LogP contribution in [-0.2, 0) is 24.0 Å². The van der Waals surface area contributed by atoms with Crippen molar-refractivity contribution in [3.63, 3.8) is 0 Å². The number of nitrogens with one attached hydrogen (secondary N) is 2. The molecule has 0 aromatic rings. The molecule has 0 spiro atoms. The Hall–Kier alpha value is -3.39. The zero-order valence-corrected chi connectivity index (χ0v) is 25.5. The summed E-state index contributed by atoms with van der Waals surface area (Å²) in [5.41, 5.74) is 0.909. The lowest BCUT2D eigenvalue weighted by Crippen LogP contribution is -2.54. The number of carbonyl (C=O) groups excluding carboxylic acids is 2. The minimum absolute atomic E-state index is 0.0454. The molecule has 11 nitrogen and oxygen atoms in total. The van der Waals surface area contributed by atoms with Crippen LogP contribution in [0.15, 0.2) is 16.8 Å². The zero-order chi connectivity index (χ0) is 31.7. The number of oxime groups is 1. The molecule has 0 saturated heterocycles. The van der Waals surface area contributed by atoms with Crippen LogP contribution >= 0.6 is 0 Å². The van der Waals surface area contributed by atoms with Gasteiger partial charge in [-0.1, -0.05) is 44.3 Å². The summed E-state index contributed by atoms with van der Waals surface area (Å²) in [6.07, 6.45) is 14.4. The largest absolute Gasteiger partial charge is 0.481 e. The van der Waals surface area contributed by atoms with E-state index in [2.05, 4.69) is 41.6 Å². The van der Waals surface area contributed by atoms with E-state index in [1.165, 1.54) is 5.57 Å². The van der Waals surface area contributed by atoms with Gasteiger partial charge in [-0.3, -0.25) is 14.4 Å². The van der Waals surface area contributed by atoms with E-state index in [0.717, 1.165) is 44.2 Å². The average molecular weight is 600 g/mol. The Morgan fingerprint density at radius 3 is 2.40 bits per heavy atom. The van der Waals surface area contributed by atoms with Crippen molar-refractivity contribution in [2.24, 2.45) is 39.7 Å². The summed E-state index contributed by atoms with van der Waals surface area (Å²) in [7, 11) is 0. The van der Waals surface area contributed by atoms with Crippen molar-refractivity contribution in [3.8, 4) is 12.3 Å². The molecular formula is C32H45N3O8. The van der Waals surface area contributed by atoms with Crippen LogP contribution in [0.1, 0.15) is 85.5 Å². The standard InChI is InChI=1S/C32H45N3O8/c1-6-32(42)14-11-23-21-8-7-19-15-20(9-12-30(19,4)22(21)10-13-31(23,32)5)35-43-17-25(36)34-27(18(2)3)28(39)33-24(29(40)41)16-26(37)38/h1,15,18,21-24,27,42H,7-14,16-17H2,2-5H3,(H,33,39)(H,34,36)(H,37,38)(H,40,41)/b35-20+/t21-,22-,23-,24-,27+,30+,31+,32-/m1/s1. The Labute approximate surface area is 252 Å². The summed E-state index contributed by atoms with van der Waals surface area (Å²) >= 11 is 0. The van der Waals surface area contributed by atoms with Crippen LogP contribution < -0.4 is 10.6 Å². The highest BCUT2D eigenvalue weighted by Crippen LogP contribution is 2.67. The molecule has 0 aromatic heterocycles. The van der Waals surface area contributed by atoms with Crippen molar-refractivity contribution in [2.75, 3.05) is 6.61 Å². The van der Waals surface area contributed by atoms with Gasteiger partial charge in [-0.25, -0.2) is 4.79 Å². The first-order valence-corrected chi connectivity index (χ1v) is 15.3. The van der Waals surface area contributed by atoms with E-state index < -0.39 is 60.4 Å². The van der Waals surface area contributed by atoms with Gasteiger partial charge in [-0.15, -0.1) is 6.42 Å². The number of aliphatic hydroxyl groups is 1. The molecule has 0 radical (unpaired) electrons. The number of hydrogen-bond donors (Lipinski definition) is 5. The molecule has 3 fully saturated rings. The molecule has 4 aliphatic carbocycles. The first-order chi connectivity index (χ1) is 20.1. The van der Waals surface area contributed by atoms with E-state index in [9.17, 15) is 29.4 Å². The molecule has 0 heterocycles. The van der Waals surface area contributed by atoms with Crippen molar-refractivity contribution in [2.45, 2.75) is 103 Å². The van der Waals surface area contributed by atoms with Crippen molar-refractivity contribution in [1.29, 1.82) is 0 Å². The maximum absolute atomic E-state index is 12.6. The molecule has 0 aliphatic heterocycles. The van der Waals surface area contributed by atoms with Crippen molar-refractivity contribution in [3.05, 3.63) is 11.6 Å². The molecule has 0 aromatic carbocycles. The molecule has 4 rings (SSSR count). The second-order valence-electron chi connectivity index (χ2n) is 13.6. The second-order valence-corrected chi connectivity index (χ2v) is 13.6. The molecule has 0 unspecified atom stereocenters. The third kappa shape index (κ3) is 6.17. The number of amides is 2. The highest BCUT2D eigenvalue weighted by molar-refractivity contribution is 5.96. The maximum atomic E-state index is 12.6. The minimum atomic E-state index is -1.62. The van der Waals surface area contributed by atoms with Crippen LogP contribution in [0.2, 0.25) is 0 Å². The van der Waals surface area contributed by atoms with Gasteiger partial charge < -0.3 is 30.8 Å². The van der Waals surface area contributed by atoms with Gasteiger partial charge in [0, 0.05) is 5.41 Å². The predicted octanol–water partition coefficient (Wildman–Crippen LogP) is 2.87. The summed E-state index contributed by atoms with van der Waals surface area (Å²) in [5, 5.41) is 38.3. The molecule has 43 heavy (non-hydrogen) atoms. The third-order valence-corrected chi connectivity index (χ3v) is 11.0. The molecule has 5 N–H and O–H groups in total. The molecule has 4 aliphatic rings. The van der Waals surface area contributed by atoms with Gasteiger partial charge in [0.1, 0.15) is 17.7 Å². The number of hydrogen-bond acceptors (Lipinski definition) is 7. The zero-order valence-electron chi connectivity index (χ0n) is 25.5. The van der Waals surface area contributed by atoms with E-state index in [-0.39, 0.29) is 10.8 Å². The highest BCUT2D eigenvalue weighted by Gasteiger charge is 2.63. The summed E-state index contributed by atoms with van der Waals surface area (Å²) in [6, 6.07) is -2.70. The van der Waals surface area contributed by atoms with E-state index in [1.807, 2.05) is 0 Å². The predicted molar refractivity (Wildman–Crippen MR) is 157 cm³/mol. The quantitative estimate of drug-likeness (QED) is 0.188. The van der Waals surface area contributed by atoms with Crippen LogP contribution in [0.25, 0.3) is 0 Å². The van der Waals surface area contributed by atoms with E-state index in [4.69, 9.17) is 16.4 Å². The van der Waals surface area contributed by atoms with Crippen LogP contribution in [-0.4, -0.2) is 69.1 Å². The van der Waals surface area contributed by atoms with Crippen LogP contribution in [0.5, 0.6) is 0 Å². The van der Waals surface area contributed by atoms with Gasteiger partial charge in [0.05, 0.1) is 12.1 Å². The van der Waals surface area contributed by atoms with Gasteiger partial charge in [-0.2, -0.15) is 0 Å². The number of nitrogens with zero attached hydrogens (tertiary/aromatic N) is 1. The number of allylic oxidation sites excluding steroid dienone is 2. The maximum Gasteiger partial charge on any atom is 0.326 e. The molecule has 8 atom stereocenters. The number of carbonyl (C=O) groups is 4. The van der Waals surface area contributed by atoms with Crippen LogP contribution in [0.4, 0.5) is 0 Å². The number of terminal acetylenes is 1. The number of carboxylic acid groups (broad SMARTS) is 2. The van der Waals surface area contributed by atoms with Gasteiger partial charge in [0.25, 0.3) is 5.91 Å². The van der Waals surface area contributed by atoms with Crippen molar-refractivity contribution in [1.82, 2.24) is 10.6 Å². The van der Waals surface area contributed by atoms with E-state index >= 15 is 0 Å². The third-order valence-electron chi connectivity index (χ3n) is 11.0. The molecule has 2 amide bonds. The highest BCUT2D eigenvalue weighted by atomic mass is 16.6. The Bertz CT molecular complexity index is 1250. The first kappa shape index (κ1) is 32.5. The van der Waals surface area contributed by atoms with Crippen LogP contribution in [0, 0.1) is 46.8 Å². The van der Waals surface area contributed by atoms with Crippen molar-refractivity contribution >= 4 is 29.5 Å². The fraction of sp³-hybridized carbons (Fsp3) is 0.719. The molecule has 11 heteroatoms. The molecule has 3 saturated carbocycles. The summed E-state index contributed by atoms with van der Waals surface area (Å²) < 4.78 is 0. The fourth-order valence-corrected chi connectivity index (χ4v) is 8.46. The van der Waals surface area contributed by atoms with Gasteiger partial charge in [0.15, 0.2) is 6.61 Å². The van der Waals surface area contributed by atoms with E-state index in [1.54, 1.807) is 13.8 Å². The van der Waals surface area contributed by atoms with E-state index in [0.29, 0.717) is 30.6 Å². The Morgan fingerprint density at radius 2 is 1.77 bits per heavy atom. The second kappa shape index (κ2) is 12.3. The first-order valence-electron chi connectivity index (χ1n) is 15.3. The molecule has 0 bridgehead atoms. The normalized spacial score (nSPS) is 35.3. The van der Waals surface area contributed by atoms with Crippen LogP contribution in [0.3, 0.4) is 0 Å². The smallest absolute Gasteiger partial charge is 0.326 e. The number of rotatable bonds is 10. The summed E-state index contributed by atoms with van der Waals surface area (Å²) in [5.74, 6) is -0.430. The lowest BCUT2D eigenvalue weighted by molar-refractivity contribution is -0.147. The molecular weight excluding hydrogens is 554 g/mol. The average Bonchev–Trinajstić information content (AvgIpc) is 3.21. The lowest BCUT2D eigenvalue weighted by atomic mass is 9.46. The Morgan fingerprint density at radius 1 is 1.07 bits per heavy atom.